The van der Waals surface area contributed by atoms with Crippen molar-refractivity contribution in [1.82, 2.24) is 10.0 Å². The zero-order chi connectivity index (χ0) is 16.2. The zero-order valence-electron chi connectivity index (χ0n) is 12.1. The highest BCUT2D eigenvalue weighted by Gasteiger charge is 2.27. The molecule has 0 radical (unpaired) electrons. The maximum absolute atomic E-state index is 11.9. The van der Waals surface area contributed by atoms with Crippen molar-refractivity contribution in [3.05, 3.63) is 30.3 Å². The minimum Gasteiger partial charge on any atom is -0.452 e. The van der Waals surface area contributed by atoms with Crippen molar-refractivity contribution in [3.8, 4) is 0 Å². The van der Waals surface area contributed by atoms with Crippen LogP contribution in [0.3, 0.4) is 0 Å². The van der Waals surface area contributed by atoms with E-state index in [0.29, 0.717) is 0 Å². The Hall–Kier alpha value is -1.93. The molecule has 0 bridgehead atoms. The summed E-state index contributed by atoms with van der Waals surface area (Å²) in [5.74, 6) is -1.18. The van der Waals surface area contributed by atoms with Gasteiger partial charge in [0.05, 0.1) is 4.90 Å². The molecule has 0 aliphatic heterocycles. The van der Waals surface area contributed by atoms with Crippen LogP contribution in [0.2, 0.25) is 0 Å². The van der Waals surface area contributed by atoms with Crippen molar-refractivity contribution in [2.24, 2.45) is 0 Å². The van der Waals surface area contributed by atoms with Crippen LogP contribution in [0.5, 0.6) is 0 Å². The molecule has 1 fully saturated rings. The average Bonchev–Trinajstić information content (AvgIpc) is 3.30. The summed E-state index contributed by atoms with van der Waals surface area (Å²) in [5.41, 5.74) is 0. The van der Waals surface area contributed by atoms with Crippen molar-refractivity contribution < 1.29 is 22.7 Å². The number of carbonyl (C=O) groups excluding carboxylic acids is 2. The molecule has 1 saturated carbocycles. The van der Waals surface area contributed by atoms with Gasteiger partial charge in [-0.2, -0.15) is 4.72 Å². The summed E-state index contributed by atoms with van der Waals surface area (Å²) in [4.78, 5) is 23.3. The van der Waals surface area contributed by atoms with Crippen LogP contribution in [0.1, 0.15) is 19.8 Å². The Labute approximate surface area is 129 Å². The van der Waals surface area contributed by atoms with E-state index in [1.807, 2.05) is 0 Å². The lowest BCUT2D eigenvalue weighted by molar-refractivity contribution is -0.153. The molecule has 0 heterocycles. The molecule has 2 rings (SSSR count). The monoisotopic (exact) mass is 326 g/mol. The summed E-state index contributed by atoms with van der Waals surface area (Å²) in [7, 11) is -3.77. The molecule has 22 heavy (non-hydrogen) atoms. The van der Waals surface area contributed by atoms with Gasteiger partial charge in [0.1, 0.15) is 6.54 Å². The van der Waals surface area contributed by atoms with E-state index in [0.717, 1.165) is 12.8 Å². The summed E-state index contributed by atoms with van der Waals surface area (Å²) in [6, 6.07) is 7.85. The van der Waals surface area contributed by atoms with Crippen molar-refractivity contribution in [2.45, 2.75) is 36.8 Å². The number of rotatable bonds is 7. The quantitative estimate of drug-likeness (QED) is 0.696. The molecule has 0 aromatic heterocycles. The second-order valence-corrected chi connectivity index (χ2v) is 6.82. The molecule has 7 nitrogen and oxygen atoms in total. The van der Waals surface area contributed by atoms with Crippen LogP contribution in [0.15, 0.2) is 35.2 Å². The number of ether oxygens (including phenoxy) is 1. The molecule has 2 N–H and O–H groups in total. The highest BCUT2D eigenvalue weighted by molar-refractivity contribution is 7.89. The van der Waals surface area contributed by atoms with Crippen molar-refractivity contribution in [2.75, 3.05) is 6.54 Å². The van der Waals surface area contributed by atoms with Crippen LogP contribution < -0.4 is 10.0 Å². The van der Waals surface area contributed by atoms with Gasteiger partial charge < -0.3 is 10.1 Å². The molecule has 1 aliphatic rings. The molecule has 0 unspecified atom stereocenters. The first-order chi connectivity index (χ1) is 10.4. The fourth-order valence-corrected chi connectivity index (χ4v) is 2.67. The van der Waals surface area contributed by atoms with Crippen molar-refractivity contribution >= 4 is 21.9 Å². The van der Waals surface area contributed by atoms with Crippen molar-refractivity contribution in [3.63, 3.8) is 0 Å². The molecule has 8 heteroatoms. The van der Waals surface area contributed by atoms with E-state index in [-0.39, 0.29) is 16.8 Å². The largest absolute Gasteiger partial charge is 0.452 e. The topological polar surface area (TPSA) is 102 Å². The minimum atomic E-state index is -3.77. The third kappa shape index (κ3) is 4.81. The lowest BCUT2D eigenvalue weighted by Crippen LogP contribution is -2.39. The predicted molar refractivity (Wildman–Crippen MR) is 78.3 cm³/mol. The second kappa shape index (κ2) is 6.89. The Morgan fingerprint density at radius 1 is 1.27 bits per heavy atom. The first kappa shape index (κ1) is 16.4. The molecule has 1 aromatic carbocycles. The number of nitrogens with one attached hydrogen (secondary N) is 2. The minimum absolute atomic E-state index is 0.0577. The van der Waals surface area contributed by atoms with Gasteiger partial charge >= 0.3 is 5.97 Å². The Balaban J connectivity index is 1.80. The first-order valence-electron chi connectivity index (χ1n) is 6.93. The van der Waals surface area contributed by atoms with E-state index in [1.54, 1.807) is 18.2 Å². The van der Waals surface area contributed by atoms with Crippen LogP contribution in [-0.4, -0.2) is 39.0 Å². The predicted octanol–water partition coefficient (Wildman–Crippen LogP) is 0.175. The van der Waals surface area contributed by atoms with Gasteiger partial charge in [0.2, 0.25) is 10.0 Å². The maximum atomic E-state index is 11.9. The number of sulfonamides is 1. The average molecular weight is 326 g/mol. The number of carbonyl (C=O) groups is 2. The Bertz CT molecular complexity index is 640. The molecule has 1 atom stereocenters. The van der Waals surface area contributed by atoms with E-state index < -0.39 is 28.6 Å². The van der Waals surface area contributed by atoms with E-state index in [4.69, 9.17) is 4.74 Å². The summed E-state index contributed by atoms with van der Waals surface area (Å²) in [5, 5.41) is 2.70. The Morgan fingerprint density at radius 2 is 1.91 bits per heavy atom. The summed E-state index contributed by atoms with van der Waals surface area (Å²) in [6.07, 6.45) is 0.918. The summed E-state index contributed by atoms with van der Waals surface area (Å²) in [6.45, 7) is 0.916. The van der Waals surface area contributed by atoms with Gasteiger partial charge in [-0.3, -0.25) is 9.59 Å². The standard InChI is InChI=1S/C14H18N2O5S/c1-10(14(18)16-11-7-8-11)21-13(17)9-15-22(19,20)12-5-3-2-4-6-12/h2-6,10-11,15H,7-9H2,1H3,(H,16,18)/t10-/m0/s1. The number of esters is 1. The molecule has 1 aliphatic carbocycles. The smallest absolute Gasteiger partial charge is 0.321 e. The normalized spacial score (nSPS) is 15.9. The first-order valence-corrected chi connectivity index (χ1v) is 8.41. The number of benzene rings is 1. The van der Waals surface area contributed by atoms with Crippen LogP contribution in [0, 0.1) is 0 Å². The third-order valence-corrected chi connectivity index (χ3v) is 4.48. The number of amides is 1. The van der Waals surface area contributed by atoms with Crippen molar-refractivity contribution in [1.29, 1.82) is 0 Å². The van der Waals surface area contributed by atoms with Gasteiger partial charge in [-0.15, -0.1) is 0 Å². The number of hydrogen-bond donors (Lipinski definition) is 2. The van der Waals surface area contributed by atoms with Gasteiger partial charge in [-0.25, -0.2) is 8.42 Å². The van der Waals surface area contributed by atoms with Crippen LogP contribution in [-0.2, 0) is 24.3 Å². The van der Waals surface area contributed by atoms with E-state index in [2.05, 4.69) is 10.0 Å². The molecule has 1 aromatic rings. The molecule has 120 valence electrons. The molecular weight excluding hydrogens is 308 g/mol. The maximum Gasteiger partial charge on any atom is 0.321 e. The lowest BCUT2D eigenvalue weighted by Gasteiger charge is -2.13. The van der Waals surface area contributed by atoms with Gasteiger partial charge in [0.15, 0.2) is 6.10 Å². The van der Waals surface area contributed by atoms with Gasteiger partial charge in [0, 0.05) is 6.04 Å². The van der Waals surface area contributed by atoms with E-state index >= 15 is 0 Å². The highest BCUT2D eigenvalue weighted by atomic mass is 32.2. The third-order valence-electron chi connectivity index (χ3n) is 3.06. The highest BCUT2D eigenvalue weighted by Crippen LogP contribution is 2.18. The molecular formula is C14H18N2O5S. The molecule has 1 amide bonds. The molecule has 0 spiro atoms. The van der Waals surface area contributed by atoms with Crippen LogP contribution >= 0.6 is 0 Å². The summed E-state index contributed by atoms with van der Waals surface area (Å²) >= 11 is 0. The fraction of sp³-hybridized carbons (Fsp3) is 0.429. The van der Waals surface area contributed by atoms with Gasteiger partial charge in [0.25, 0.3) is 5.91 Å². The van der Waals surface area contributed by atoms with Gasteiger partial charge in [-0.1, -0.05) is 18.2 Å². The van der Waals surface area contributed by atoms with E-state index in [9.17, 15) is 18.0 Å². The summed E-state index contributed by atoms with van der Waals surface area (Å²) < 4.78 is 30.9. The zero-order valence-corrected chi connectivity index (χ0v) is 12.9. The second-order valence-electron chi connectivity index (χ2n) is 5.05. The lowest BCUT2D eigenvalue weighted by atomic mass is 10.3. The SMILES string of the molecule is C[C@H](OC(=O)CNS(=O)(=O)c1ccccc1)C(=O)NC1CC1. The Morgan fingerprint density at radius 3 is 2.50 bits per heavy atom. The fourth-order valence-electron chi connectivity index (χ4n) is 1.68. The van der Waals surface area contributed by atoms with Crippen LogP contribution in [0.4, 0.5) is 0 Å². The molecule has 0 saturated heterocycles. The van der Waals surface area contributed by atoms with E-state index in [1.165, 1.54) is 19.1 Å². The van der Waals surface area contributed by atoms with Crippen LogP contribution in [0.25, 0.3) is 0 Å². The number of hydrogen-bond acceptors (Lipinski definition) is 5. The van der Waals surface area contributed by atoms with Gasteiger partial charge in [-0.05, 0) is 31.9 Å². The Kier molecular flexibility index (Phi) is 5.15.